The summed E-state index contributed by atoms with van der Waals surface area (Å²) in [7, 11) is 0. The molecule has 1 aromatic carbocycles. The fraction of sp³-hybridized carbons (Fsp3) is 0.467. The van der Waals surface area contributed by atoms with Crippen LogP contribution >= 0.6 is 0 Å². The smallest absolute Gasteiger partial charge is 0.243 e. The molecule has 0 aliphatic heterocycles. The highest BCUT2D eigenvalue weighted by Gasteiger charge is 2.19. The number of aromatic nitrogens is 2. The van der Waals surface area contributed by atoms with Gasteiger partial charge in [0.15, 0.2) is 5.82 Å². The Balaban J connectivity index is 2.07. The maximum absolute atomic E-state index is 6.08. The molecule has 4 nitrogen and oxygen atoms in total. The second-order valence-corrected chi connectivity index (χ2v) is 5.12. The molecule has 1 heterocycles. The lowest BCUT2D eigenvalue weighted by Gasteiger charge is -2.12. The van der Waals surface area contributed by atoms with Gasteiger partial charge in [-0.25, -0.2) is 0 Å². The van der Waals surface area contributed by atoms with Crippen LogP contribution in [-0.2, 0) is 6.42 Å². The third kappa shape index (κ3) is 3.41. The molecule has 0 aliphatic rings. The van der Waals surface area contributed by atoms with Gasteiger partial charge in [0.25, 0.3) is 0 Å². The molecule has 0 bridgehead atoms. The van der Waals surface area contributed by atoms with E-state index in [1.54, 1.807) is 0 Å². The summed E-state index contributed by atoms with van der Waals surface area (Å²) in [5.41, 5.74) is 8.50. The quantitative estimate of drug-likeness (QED) is 0.896. The van der Waals surface area contributed by atoms with Crippen molar-refractivity contribution in [3.63, 3.8) is 0 Å². The van der Waals surface area contributed by atoms with E-state index >= 15 is 0 Å². The first-order chi connectivity index (χ1) is 9.10. The van der Waals surface area contributed by atoms with Gasteiger partial charge >= 0.3 is 0 Å². The Hall–Kier alpha value is -1.68. The van der Waals surface area contributed by atoms with E-state index in [-0.39, 0.29) is 6.04 Å². The normalized spacial score (nSPS) is 14.3. The second-order valence-electron chi connectivity index (χ2n) is 5.12. The van der Waals surface area contributed by atoms with Gasteiger partial charge in [-0.15, -0.1) is 0 Å². The molecule has 0 saturated heterocycles. The van der Waals surface area contributed by atoms with Crippen molar-refractivity contribution >= 4 is 0 Å². The van der Waals surface area contributed by atoms with E-state index in [1.807, 2.05) is 0 Å². The Morgan fingerprint density at radius 2 is 1.95 bits per heavy atom. The minimum Gasteiger partial charge on any atom is -0.338 e. The molecule has 0 spiro atoms. The summed E-state index contributed by atoms with van der Waals surface area (Å²) >= 11 is 0. The van der Waals surface area contributed by atoms with Crippen LogP contribution in [0.25, 0.3) is 0 Å². The molecule has 0 saturated carbocycles. The Morgan fingerprint density at radius 3 is 2.58 bits per heavy atom. The summed E-state index contributed by atoms with van der Waals surface area (Å²) in [6, 6.07) is 8.16. The van der Waals surface area contributed by atoms with Crippen molar-refractivity contribution in [3.05, 3.63) is 47.1 Å². The zero-order valence-corrected chi connectivity index (χ0v) is 11.8. The number of nitrogens with zero attached hydrogens (tertiary/aromatic N) is 2. The van der Waals surface area contributed by atoms with Crippen molar-refractivity contribution in [2.45, 2.75) is 39.7 Å². The van der Waals surface area contributed by atoms with Crippen molar-refractivity contribution in [1.29, 1.82) is 0 Å². The van der Waals surface area contributed by atoms with Crippen LogP contribution in [0.5, 0.6) is 0 Å². The Kier molecular flexibility index (Phi) is 4.32. The number of hydrogen-bond acceptors (Lipinski definition) is 4. The highest BCUT2D eigenvalue weighted by Crippen LogP contribution is 2.20. The molecule has 1 aromatic heterocycles. The molecule has 102 valence electrons. The molecular weight excluding hydrogens is 238 g/mol. The van der Waals surface area contributed by atoms with E-state index in [0.717, 1.165) is 6.42 Å². The molecular formula is C15H21N3O. The molecule has 2 atom stereocenters. The van der Waals surface area contributed by atoms with Crippen LogP contribution in [0, 0.1) is 12.8 Å². The van der Waals surface area contributed by atoms with E-state index in [2.05, 4.69) is 55.2 Å². The van der Waals surface area contributed by atoms with E-state index in [9.17, 15) is 0 Å². The number of benzene rings is 1. The maximum atomic E-state index is 6.08. The Morgan fingerprint density at radius 1 is 1.26 bits per heavy atom. The number of nitrogens with two attached hydrogens (primary N) is 1. The number of hydrogen-bond donors (Lipinski definition) is 1. The number of aryl methyl sites for hydroxylation is 1. The Labute approximate surface area is 114 Å². The molecule has 0 aliphatic carbocycles. The third-order valence-corrected chi connectivity index (χ3v) is 3.51. The average Bonchev–Trinajstić information content (AvgIpc) is 2.88. The standard InChI is InChI=1S/C15H21N3O/c1-4-11(3)14(16)15-17-13(18-19-15)9-12-7-5-10(2)6-8-12/h5-8,11,14H,4,9,16H2,1-3H3/t11-,14-/m0/s1. The fourth-order valence-corrected chi connectivity index (χ4v) is 1.86. The minimum atomic E-state index is -0.177. The van der Waals surface area contributed by atoms with E-state index < -0.39 is 0 Å². The first-order valence-corrected chi connectivity index (χ1v) is 6.73. The van der Waals surface area contributed by atoms with Gasteiger partial charge in [0.05, 0.1) is 6.04 Å². The summed E-state index contributed by atoms with van der Waals surface area (Å²) in [6.45, 7) is 6.27. The monoisotopic (exact) mass is 259 g/mol. The first kappa shape index (κ1) is 13.7. The van der Waals surface area contributed by atoms with E-state index in [1.165, 1.54) is 11.1 Å². The molecule has 2 aromatic rings. The van der Waals surface area contributed by atoms with Gasteiger partial charge in [0, 0.05) is 6.42 Å². The summed E-state index contributed by atoms with van der Waals surface area (Å²) < 4.78 is 5.26. The first-order valence-electron chi connectivity index (χ1n) is 6.73. The van der Waals surface area contributed by atoms with Gasteiger partial charge in [-0.05, 0) is 18.4 Å². The summed E-state index contributed by atoms with van der Waals surface area (Å²) in [6.07, 6.45) is 1.67. The van der Waals surface area contributed by atoms with Gasteiger partial charge in [0.1, 0.15) is 0 Å². The van der Waals surface area contributed by atoms with Gasteiger partial charge in [0.2, 0.25) is 5.89 Å². The molecule has 4 heteroatoms. The second kappa shape index (κ2) is 5.97. The molecule has 0 amide bonds. The Bertz CT molecular complexity index is 518. The fourth-order valence-electron chi connectivity index (χ4n) is 1.86. The topological polar surface area (TPSA) is 64.9 Å². The lowest BCUT2D eigenvalue weighted by atomic mass is 10.0. The SMILES string of the molecule is CC[C@H](C)[C@H](N)c1nc(Cc2ccc(C)cc2)no1. The van der Waals surface area contributed by atoms with Crippen LogP contribution in [0.3, 0.4) is 0 Å². The van der Waals surface area contributed by atoms with Crippen molar-refractivity contribution in [1.82, 2.24) is 10.1 Å². The third-order valence-electron chi connectivity index (χ3n) is 3.51. The van der Waals surface area contributed by atoms with E-state index in [0.29, 0.717) is 24.1 Å². The predicted octanol–water partition coefficient (Wildman–Crippen LogP) is 3.01. The minimum absolute atomic E-state index is 0.177. The molecule has 0 fully saturated rings. The lowest BCUT2D eigenvalue weighted by molar-refractivity contribution is 0.310. The molecule has 0 unspecified atom stereocenters. The van der Waals surface area contributed by atoms with Crippen LogP contribution in [0.1, 0.15) is 49.2 Å². The summed E-state index contributed by atoms with van der Waals surface area (Å²) in [5, 5.41) is 4.01. The average molecular weight is 259 g/mol. The molecule has 19 heavy (non-hydrogen) atoms. The summed E-state index contributed by atoms with van der Waals surface area (Å²) in [5.74, 6) is 1.57. The highest BCUT2D eigenvalue weighted by atomic mass is 16.5. The zero-order chi connectivity index (χ0) is 13.8. The lowest BCUT2D eigenvalue weighted by Crippen LogP contribution is -2.18. The van der Waals surface area contributed by atoms with Crippen LogP contribution in [-0.4, -0.2) is 10.1 Å². The van der Waals surface area contributed by atoms with Crippen molar-refractivity contribution in [3.8, 4) is 0 Å². The van der Waals surface area contributed by atoms with Crippen LogP contribution in [0.2, 0.25) is 0 Å². The molecule has 0 radical (unpaired) electrons. The van der Waals surface area contributed by atoms with Crippen LogP contribution in [0.15, 0.2) is 28.8 Å². The zero-order valence-electron chi connectivity index (χ0n) is 11.8. The van der Waals surface area contributed by atoms with Gasteiger partial charge in [-0.3, -0.25) is 0 Å². The van der Waals surface area contributed by atoms with Crippen molar-refractivity contribution < 1.29 is 4.52 Å². The molecule has 2 N–H and O–H groups in total. The van der Waals surface area contributed by atoms with E-state index in [4.69, 9.17) is 10.3 Å². The number of rotatable bonds is 5. The summed E-state index contributed by atoms with van der Waals surface area (Å²) in [4.78, 5) is 4.39. The van der Waals surface area contributed by atoms with Crippen molar-refractivity contribution in [2.24, 2.45) is 11.7 Å². The highest BCUT2D eigenvalue weighted by molar-refractivity contribution is 5.23. The van der Waals surface area contributed by atoms with Crippen LogP contribution in [0.4, 0.5) is 0 Å². The maximum Gasteiger partial charge on any atom is 0.243 e. The predicted molar refractivity (Wildman–Crippen MR) is 74.7 cm³/mol. The van der Waals surface area contributed by atoms with Gasteiger partial charge in [-0.2, -0.15) is 4.98 Å². The van der Waals surface area contributed by atoms with Crippen molar-refractivity contribution in [2.75, 3.05) is 0 Å². The van der Waals surface area contributed by atoms with Crippen LogP contribution < -0.4 is 5.73 Å². The van der Waals surface area contributed by atoms with Gasteiger partial charge < -0.3 is 10.3 Å². The van der Waals surface area contributed by atoms with Gasteiger partial charge in [-0.1, -0.05) is 55.3 Å². The molecule has 2 rings (SSSR count). The largest absolute Gasteiger partial charge is 0.338 e.